The molecule has 1 aromatic carbocycles. The standard InChI is InChI=1S/C21H26N4O5S/c1-30-18-4-2-16(3-5-18)19-6-7-20(26)25(22-19)14-21(27)24-11-9-23(10-12-24)17-8-13-31(28,29)15-17/h2-7,17H,8-15H2,1H3. The minimum atomic E-state index is -2.93. The van der Waals surface area contributed by atoms with E-state index in [4.69, 9.17) is 4.74 Å². The van der Waals surface area contributed by atoms with Crippen molar-refractivity contribution in [2.75, 3.05) is 44.8 Å². The van der Waals surface area contributed by atoms with Crippen LogP contribution in [0.4, 0.5) is 0 Å². The largest absolute Gasteiger partial charge is 0.497 e. The van der Waals surface area contributed by atoms with Gasteiger partial charge in [-0.25, -0.2) is 13.1 Å². The van der Waals surface area contributed by atoms with Gasteiger partial charge in [-0.3, -0.25) is 14.5 Å². The maximum Gasteiger partial charge on any atom is 0.267 e. The second-order valence-corrected chi connectivity index (χ2v) is 10.1. The molecule has 2 fully saturated rings. The Kier molecular flexibility index (Phi) is 6.10. The summed E-state index contributed by atoms with van der Waals surface area (Å²) in [5, 5.41) is 4.37. The van der Waals surface area contributed by atoms with Crippen LogP contribution in [0, 0.1) is 0 Å². The minimum Gasteiger partial charge on any atom is -0.497 e. The van der Waals surface area contributed by atoms with Crippen molar-refractivity contribution in [3.63, 3.8) is 0 Å². The van der Waals surface area contributed by atoms with E-state index >= 15 is 0 Å². The third kappa shape index (κ3) is 4.96. The van der Waals surface area contributed by atoms with Gasteiger partial charge in [0.05, 0.1) is 24.3 Å². The molecule has 166 valence electrons. The van der Waals surface area contributed by atoms with Gasteiger partial charge in [0.2, 0.25) is 5.91 Å². The fraction of sp³-hybridized carbons (Fsp3) is 0.476. The van der Waals surface area contributed by atoms with E-state index in [0.29, 0.717) is 38.3 Å². The molecule has 1 aromatic heterocycles. The highest BCUT2D eigenvalue weighted by atomic mass is 32.2. The van der Waals surface area contributed by atoms with Crippen LogP contribution in [0.15, 0.2) is 41.2 Å². The smallest absolute Gasteiger partial charge is 0.267 e. The van der Waals surface area contributed by atoms with Crippen LogP contribution >= 0.6 is 0 Å². The Bertz CT molecular complexity index is 1110. The highest BCUT2D eigenvalue weighted by Crippen LogP contribution is 2.20. The number of hydrogen-bond donors (Lipinski definition) is 0. The van der Waals surface area contributed by atoms with Crippen LogP contribution in [-0.2, 0) is 21.2 Å². The molecule has 1 atom stereocenters. The second-order valence-electron chi connectivity index (χ2n) is 7.92. The van der Waals surface area contributed by atoms with Crippen LogP contribution in [0.25, 0.3) is 11.3 Å². The number of rotatable bonds is 5. The summed E-state index contributed by atoms with van der Waals surface area (Å²) in [7, 11) is -1.33. The van der Waals surface area contributed by atoms with E-state index in [9.17, 15) is 18.0 Å². The number of carbonyl (C=O) groups is 1. The lowest BCUT2D eigenvalue weighted by Crippen LogP contribution is -2.53. The molecule has 0 saturated carbocycles. The van der Waals surface area contributed by atoms with Crippen molar-refractivity contribution in [2.24, 2.45) is 0 Å². The average Bonchev–Trinajstić information content (AvgIpc) is 3.15. The van der Waals surface area contributed by atoms with Gasteiger partial charge in [-0.15, -0.1) is 0 Å². The lowest BCUT2D eigenvalue weighted by Gasteiger charge is -2.37. The van der Waals surface area contributed by atoms with Crippen molar-refractivity contribution >= 4 is 15.7 Å². The molecule has 2 saturated heterocycles. The first kappa shape index (κ1) is 21.5. The zero-order chi connectivity index (χ0) is 22.0. The van der Waals surface area contributed by atoms with Crippen molar-refractivity contribution in [2.45, 2.75) is 19.0 Å². The Morgan fingerprint density at radius 3 is 2.42 bits per heavy atom. The van der Waals surface area contributed by atoms with Gasteiger partial charge < -0.3 is 9.64 Å². The van der Waals surface area contributed by atoms with Crippen molar-refractivity contribution in [3.8, 4) is 17.0 Å². The molecular formula is C21H26N4O5S. The van der Waals surface area contributed by atoms with Crippen molar-refractivity contribution in [1.82, 2.24) is 19.6 Å². The number of sulfone groups is 1. The number of aromatic nitrogens is 2. The molecule has 10 heteroatoms. The van der Waals surface area contributed by atoms with Crippen molar-refractivity contribution in [3.05, 3.63) is 46.8 Å². The fourth-order valence-corrected chi connectivity index (χ4v) is 5.87. The number of nitrogens with zero attached hydrogens (tertiary/aromatic N) is 4. The van der Waals surface area contributed by atoms with E-state index in [0.717, 1.165) is 11.3 Å². The minimum absolute atomic E-state index is 0.0488. The summed E-state index contributed by atoms with van der Waals surface area (Å²) in [5.74, 6) is 1.01. The van der Waals surface area contributed by atoms with E-state index in [-0.39, 0.29) is 35.6 Å². The second kappa shape index (κ2) is 8.80. The Morgan fingerprint density at radius 2 is 1.81 bits per heavy atom. The van der Waals surface area contributed by atoms with E-state index < -0.39 is 9.84 Å². The number of amides is 1. The molecule has 2 aliphatic heterocycles. The maximum absolute atomic E-state index is 12.8. The van der Waals surface area contributed by atoms with Crippen LogP contribution in [-0.4, -0.2) is 84.7 Å². The first-order chi connectivity index (χ1) is 14.8. The van der Waals surface area contributed by atoms with Crippen LogP contribution in [0.5, 0.6) is 5.75 Å². The summed E-state index contributed by atoms with van der Waals surface area (Å²) in [6, 6.07) is 10.4. The van der Waals surface area contributed by atoms with E-state index in [1.807, 2.05) is 24.3 Å². The fourth-order valence-electron chi connectivity index (χ4n) is 4.11. The molecule has 2 aromatic rings. The molecule has 2 aliphatic rings. The predicted molar refractivity (Wildman–Crippen MR) is 116 cm³/mol. The summed E-state index contributed by atoms with van der Waals surface area (Å²) in [6.07, 6.45) is 0.660. The molecule has 0 radical (unpaired) electrons. The van der Waals surface area contributed by atoms with E-state index in [1.165, 1.54) is 10.7 Å². The van der Waals surface area contributed by atoms with Gasteiger partial charge in [0.15, 0.2) is 9.84 Å². The van der Waals surface area contributed by atoms with Crippen LogP contribution in [0.2, 0.25) is 0 Å². The number of hydrogen-bond acceptors (Lipinski definition) is 7. The molecule has 1 amide bonds. The number of carbonyl (C=O) groups excluding carboxylic acids is 1. The monoisotopic (exact) mass is 446 g/mol. The Balaban J connectivity index is 1.39. The topological polar surface area (TPSA) is 102 Å². The van der Waals surface area contributed by atoms with Crippen LogP contribution < -0.4 is 10.3 Å². The molecule has 3 heterocycles. The summed E-state index contributed by atoms with van der Waals surface area (Å²) in [5.41, 5.74) is 1.09. The molecule has 1 unspecified atom stereocenters. The van der Waals surface area contributed by atoms with Gasteiger partial charge in [0.1, 0.15) is 12.3 Å². The van der Waals surface area contributed by atoms with Crippen LogP contribution in [0.1, 0.15) is 6.42 Å². The van der Waals surface area contributed by atoms with Crippen LogP contribution in [0.3, 0.4) is 0 Å². The Hall–Kier alpha value is -2.72. The molecule has 0 bridgehead atoms. The molecule has 0 spiro atoms. The number of methoxy groups -OCH3 is 1. The Morgan fingerprint density at radius 1 is 1.10 bits per heavy atom. The van der Waals surface area contributed by atoms with Gasteiger partial charge in [-0.2, -0.15) is 5.10 Å². The quantitative estimate of drug-likeness (QED) is 0.649. The van der Waals surface area contributed by atoms with E-state index in [2.05, 4.69) is 10.00 Å². The normalized spacial score (nSPS) is 21.2. The molecule has 4 rings (SSSR count). The third-order valence-electron chi connectivity index (χ3n) is 5.93. The first-order valence-electron chi connectivity index (χ1n) is 10.3. The van der Waals surface area contributed by atoms with Crippen molar-refractivity contribution < 1.29 is 17.9 Å². The Labute approximate surface area is 181 Å². The number of benzene rings is 1. The van der Waals surface area contributed by atoms with E-state index in [1.54, 1.807) is 18.1 Å². The maximum atomic E-state index is 12.8. The molecule has 0 N–H and O–H groups in total. The number of piperazine rings is 1. The average molecular weight is 447 g/mol. The lowest BCUT2D eigenvalue weighted by molar-refractivity contribution is -0.134. The molecule has 0 aliphatic carbocycles. The summed E-state index contributed by atoms with van der Waals surface area (Å²) < 4.78 is 29.8. The molecule has 31 heavy (non-hydrogen) atoms. The summed E-state index contributed by atoms with van der Waals surface area (Å²) in [6.45, 7) is 2.19. The summed E-state index contributed by atoms with van der Waals surface area (Å²) in [4.78, 5) is 28.9. The highest BCUT2D eigenvalue weighted by Gasteiger charge is 2.34. The first-order valence-corrected chi connectivity index (χ1v) is 12.1. The molecule has 9 nitrogen and oxygen atoms in total. The third-order valence-corrected chi connectivity index (χ3v) is 7.68. The van der Waals surface area contributed by atoms with Crippen molar-refractivity contribution in [1.29, 1.82) is 0 Å². The highest BCUT2D eigenvalue weighted by molar-refractivity contribution is 7.91. The molecular weight excluding hydrogens is 420 g/mol. The summed E-state index contributed by atoms with van der Waals surface area (Å²) >= 11 is 0. The lowest BCUT2D eigenvalue weighted by atomic mass is 10.1. The number of ether oxygens (including phenoxy) is 1. The van der Waals surface area contributed by atoms with Gasteiger partial charge >= 0.3 is 0 Å². The zero-order valence-electron chi connectivity index (χ0n) is 17.4. The van der Waals surface area contributed by atoms with Gasteiger partial charge in [0, 0.05) is 43.9 Å². The van der Waals surface area contributed by atoms with Gasteiger partial charge in [0.25, 0.3) is 5.56 Å². The SMILES string of the molecule is COc1ccc(-c2ccc(=O)n(CC(=O)N3CCN(C4CCS(=O)(=O)C4)CC3)n2)cc1. The van der Waals surface area contributed by atoms with Gasteiger partial charge in [-0.1, -0.05) is 0 Å². The van der Waals surface area contributed by atoms with Gasteiger partial charge in [-0.05, 0) is 36.8 Å². The predicted octanol–water partition coefficient (Wildman–Crippen LogP) is 0.250. The zero-order valence-corrected chi connectivity index (χ0v) is 18.3.